The number of nitrogens with zero attached hydrogens (tertiary/aromatic N) is 4. The van der Waals surface area contributed by atoms with Gasteiger partial charge in [0.15, 0.2) is 17.5 Å². The van der Waals surface area contributed by atoms with E-state index in [4.69, 9.17) is 15.0 Å². The number of benzene rings is 9. The van der Waals surface area contributed by atoms with Gasteiger partial charge in [-0.05, 0) is 74.8 Å². The normalized spacial score (nSPS) is 11.3. The Hall–Kier alpha value is -8.21. The van der Waals surface area contributed by atoms with Gasteiger partial charge in [0.05, 0.1) is 11.0 Å². The van der Waals surface area contributed by atoms with Gasteiger partial charge in [-0.3, -0.25) is 0 Å². The van der Waals surface area contributed by atoms with Gasteiger partial charge < -0.3 is 4.57 Å². The van der Waals surface area contributed by atoms with E-state index < -0.39 is 0 Å². The summed E-state index contributed by atoms with van der Waals surface area (Å²) in [4.78, 5) is 15.0. The average Bonchev–Trinajstić information content (AvgIpc) is 3.68. The maximum Gasteiger partial charge on any atom is 0.164 e. The van der Waals surface area contributed by atoms with Gasteiger partial charge in [0.25, 0.3) is 0 Å². The van der Waals surface area contributed by atoms with Crippen molar-refractivity contribution >= 4 is 21.8 Å². The van der Waals surface area contributed by atoms with E-state index in [1.165, 1.54) is 44.1 Å². The maximum atomic E-state index is 5.04. The van der Waals surface area contributed by atoms with Crippen LogP contribution in [0, 0.1) is 0 Å². The number of rotatable bonds is 8. The van der Waals surface area contributed by atoms with Crippen molar-refractivity contribution in [2.75, 3.05) is 0 Å². The van der Waals surface area contributed by atoms with Gasteiger partial charge in [-0.15, -0.1) is 0 Å². The number of hydrogen-bond acceptors (Lipinski definition) is 3. The van der Waals surface area contributed by atoms with E-state index in [0.29, 0.717) is 17.5 Å². The standard InChI is InChI=1S/C57H38N4/c1-4-14-39(15-5-1)41-26-30-44(31-27-41)56-58-55(43-18-8-3-9-19-43)59-57(60-56)45-32-28-42(29-33-45)49-34-35-52-51-24-10-11-25-53(51)61(54(52)38-49)50-23-13-22-48(37-50)47-21-12-20-46(36-47)40-16-6-2-7-17-40/h1-38H. The van der Waals surface area contributed by atoms with Crippen LogP contribution in [0.15, 0.2) is 231 Å². The SMILES string of the molecule is c1ccc(-c2ccc(-c3nc(-c4ccccc4)nc(-c4ccc(-c5ccc6c7ccccc7n(-c7cccc(-c8cccc(-c9ccccc9)c8)c7)c6c5)cc4)n3)cc2)cc1. The quantitative estimate of drug-likeness (QED) is 0.154. The lowest BCUT2D eigenvalue weighted by Crippen LogP contribution is -2.00. The molecule has 0 saturated heterocycles. The van der Waals surface area contributed by atoms with Crippen LogP contribution < -0.4 is 0 Å². The van der Waals surface area contributed by atoms with Crippen LogP contribution >= 0.6 is 0 Å². The molecule has 0 aliphatic carbocycles. The molecule has 0 fully saturated rings. The lowest BCUT2D eigenvalue weighted by atomic mass is 9.99. The summed E-state index contributed by atoms with van der Waals surface area (Å²) in [5.74, 6) is 1.91. The summed E-state index contributed by atoms with van der Waals surface area (Å²) in [5, 5.41) is 2.45. The van der Waals surface area contributed by atoms with Gasteiger partial charge >= 0.3 is 0 Å². The zero-order valence-corrected chi connectivity index (χ0v) is 33.2. The number of fused-ring (bicyclic) bond motifs is 3. The van der Waals surface area contributed by atoms with Crippen LogP contribution in [0.4, 0.5) is 0 Å². The highest BCUT2D eigenvalue weighted by atomic mass is 15.0. The molecule has 0 aliphatic heterocycles. The largest absolute Gasteiger partial charge is 0.309 e. The molecule has 11 aromatic rings. The number of hydrogen-bond donors (Lipinski definition) is 0. The van der Waals surface area contributed by atoms with Crippen molar-refractivity contribution < 1.29 is 0 Å². The highest BCUT2D eigenvalue weighted by Crippen LogP contribution is 2.37. The molecule has 0 unspecified atom stereocenters. The van der Waals surface area contributed by atoms with Gasteiger partial charge in [-0.1, -0.05) is 200 Å². The first kappa shape index (κ1) is 35.9. The van der Waals surface area contributed by atoms with Gasteiger partial charge in [0, 0.05) is 33.2 Å². The third-order valence-corrected chi connectivity index (χ3v) is 11.5. The Morgan fingerprint density at radius 1 is 0.230 bits per heavy atom. The fourth-order valence-electron chi connectivity index (χ4n) is 8.37. The summed E-state index contributed by atoms with van der Waals surface area (Å²) in [6.45, 7) is 0. The van der Waals surface area contributed by atoms with Gasteiger partial charge in [0.2, 0.25) is 0 Å². The highest BCUT2D eigenvalue weighted by Gasteiger charge is 2.16. The molecule has 11 rings (SSSR count). The molecule has 4 heteroatoms. The number of aromatic nitrogens is 4. The summed E-state index contributed by atoms with van der Waals surface area (Å²) >= 11 is 0. The number of para-hydroxylation sites is 1. The van der Waals surface area contributed by atoms with Crippen LogP contribution in [0.1, 0.15) is 0 Å². The first-order chi connectivity index (χ1) is 30.2. The van der Waals surface area contributed by atoms with Crippen molar-refractivity contribution in [1.29, 1.82) is 0 Å². The third kappa shape index (κ3) is 6.96. The third-order valence-electron chi connectivity index (χ3n) is 11.5. The lowest BCUT2D eigenvalue weighted by molar-refractivity contribution is 1.07. The smallest absolute Gasteiger partial charge is 0.164 e. The van der Waals surface area contributed by atoms with E-state index in [2.05, 4.69) is 199 Å². The van der Waals surface area contributed by atoms with Crippen molar-refractivity contribution in [3.63, 3.8) is 0 Å². The van der Waals surface area contributed by atoms with Gasteiger partial charge in [-0.2, -0.15) is 0 Å². The van der Waals surface area contributed by atoms with E-state index in [1.807, 2.05) is 36.4 Å². The van der Waals surface area contributed by atoms with Crippen molar-refractivity contribution in [3.05, 3.63) is 231 Å². The van der Waals surface area contributed by atoms with Gasteiger partial charge in [0.1, 0.15) is 0 Å². The molecule has 0 bridgehead atoms. The first-order valence-electron chi connectivity index (χ1n) is 20.6. The molecule has 0 aliphatic rings. The Morgan fingerprint density at radius 3 is 1.20 bits per heavy atom. The van der Waals surface area contributed by atoms with Gasteiger partial charge in [-0.25, -0.2) is 15.0 Å². The minimum Gasteiger partial charge on any atom is -0.309 e. The zero-order valence-electron chi connectivity index (χ0n) is 33.2. The molecule has 2 aromatic heterocycles. The molecule has 0 N–H and O–H groups in total. The van der Waals surface area contributed by atoms with Crippen LogP contribution in [0.2, 0.25) is 0 Å². The van der Waals surface area contributed by atoms with E-state index in [0.717, 1.165) is 44.6 Å². The Labute approximate surface area is 354 Å². The molecule has 2 heterocycles. The van der Waals surface area contributed by atoms with E-state index in [9.17, 15) is 0 Å². The molecular formula is C57H38N4. The molecule has 0 amide bonds. The van der Waals surface area contributed by atoms with Crippen LogP contribution in [-0.2, 0) is 0 Å². The average molecular weight is 779 g/mol. The Bertz CT molecular complexity index is 3320. The highest BCUT2D eigenvalue weighted by molar-refractivity contribution is 6.10. The maximum absolute atomic E-state index is 5.04. The molecular weight excluding hydrogens is 741 g/mol. The second-order valence-corrected chi connectivity index (χ2v) is 15.3. The molecule has 4 nitrogen and oxygen atoms in total. The van der Waals surface area contributed by atoms with E-state index >= 15 is 0 Å². The summed E-state index contributed by atoms with van der Waals surface area (Å²) in [7, 11) is 0. The van der Waals surface area contributed by atoms with Crippen LogP contribution in [0.25, 0.3) is 106 Å². The van der Waals surface area contributed by atoms with Crippen LogP contribution in [-0.4, -0.2) is 19.5 Å². The minimum absolute atomic E-state index is 0.632. The van der Waals surface area contributed by atoms with E-state index in [1.54, 1.807) is 0 Å². The Balaban J connectivity index is 0.960. The van der Waals surface area contributed by atoms with Crippen LogP contribution in [0.5, 0.6) is 0 Å². The summed E-state index contributed by atoms with van der Waals surface area (Å²) in [5.41, 5.74) is 15.6. The topological polar surface area (TPSA) is 43.6 Å². The zero-order chi connectivity index (χ0) is 40.5. The van der Waals surface area contributed by atoms with Crippen molar-refractivity contribution in [1.82, 2.24) is 19.5 Å². The van der Waals surface area contributed by atoms with Crippen molar-refractivity contribution in [3.8, 4) is 84.4 Å². The Kier molecular flexibility index (Phi) is 9.14. The summed E-state index contributed by atoms with van der Waals surface area (Å²) in [6, 6.07) is 81.3. The molecule has 9 aromatic carbocycles. The van der Waals surface area contributed by atoms with Crippen molar-refractivity contribution in [2.24, 2.45) is 0 Å². The van der Waals surface area contributed by atoms with Crippen LogP contribution in [0.3, 0.4) is 0 Å². The Morgan fingerprint density at radius 2 is 0.590 bits per heavy atom. The monoisotopic (exact) mass is 778 g/mol. The summed E-state index contributed by atoms with van der Waals surface area (Å²) < 4.78 is 2.40. The predicted octanol–water partition coefficient (Wildman–Crippen LogP) is 14.6. The molecule has 0 saturated carbocycles. The molecule has 61 heavy (non-hydrogen) atoms. The van der Waals surface area contributed by atoms with Crippen molar-refractivity contribution in [2.45, 2.75) is 0 Å². The summed E-state index contributed by atoms with van der Waals surface area (Å²) in [6.07, 6.45) is 0. The second kappa shape index (κ2) is 15.5. The van der Waals surface area contributed by atoms with E-state index in [-0.39, 0.29) is 0 Å². The lowest BCUT2D eigenvalue weighted by Gasteiger charge is -2.12. The predicted molar refractivity (Wildman–Crippen MR) is 252 cm³/mol. The molecule has 0 atom stereocenters. The second-order valence-electron chi connectivity index (χ2n) is 15.3. The molecule has 286 valence electrons. The fourth-order valence-corrected chi connectivity index (χ4v) is 8.37. The molecule has 0 spiro atoms. The molecule has 0 radical (unpaired) electrons. The fraction of sp³-hybridized carbons (Fsp3) is 0. The minimum atomic E-state index is 0.632. The first-order valence-corrected chi connectivity index (χ1v) is 20.6.